The first-order chi connectivity index (χ1) is 14.0. The van der Waals surface area contributed by atoms with Crippen LogP contribution in [0.25, 0.3) is 0 Å². The summed E-state index contributed by atoms with van der Waals surface area (Å²) in [5, 5.41) is 3.47. The molecule has 0 amide bonds. The molecule has 0 radical (unpaired) electrons. The number of rotatable bonds is 6. The topological polar surface area (TPSA) is 62.5 Å². The van der Waals surface area contributed by atoms with Crippen LogP contribution >= 0.6 is 0 Å². The fraction of sp³-hybridized carbons (Fsp3) is 0.500. The number of hydrogen-bond donors (Lipinski definition) is 1. The summed E-state index contributed by atoms with van der Waals surface area (Å²) < 4.78 is 16.4. The summed E-state index contributed by atoms with van der Waals surface area (Å²) >= 11 is 0. The van der Waals surface area contributed by atoms with E-state index >= 15 is 0 Å². The zero-order valence-electron chi connectivity index (χ0n) is 18.1. The minimum Gasteiger partial charge on any atom is -0.493 e. The number of aryl methyl sites for hydroxylation is 2. The molecule has 1 aliphatic heterocycles. The average Bonchev–Trinajstić information content (AvgIpc) is 3.06. The Kier molecular flexibility index (Phi) is 7.04. The van der Waals surface area contributed by atoms with Crippen molar-refractivity contribution < 1.29 is 13.9 Å². The highest BCUT2D eigenvalue weighted by Gasteiger charge is 2.20. The number of guanidine groups is 1. The lowest BCUT2D eigenvalue weighted by Gasteiger charge is -2.36. The largest absolute Gasteiger partial charge is 0.493 e. The molecule has 0 saturated carbocycles. The molecule has 2 aromatic rings. The lowest BCUT2D eigenvalue weighted by Crippen LogP contribution is -2.52. The second-order valence-electron chi connectivity index (χ2n) is 7.29. The summed E-state index contributed by atoms with van der Waals surface area (Å²) in [4.78, 5) is 9.23. The fourth-order valence-electron chi connectivity index (χ4n) is 3.72. The van der Waals surface area contributed by atoms with Gasteiger partial charge in [-0.1, -0.05) is 6.07 Å². The van der Waals surface area contributed by atoms with E-state index in [0.717, 1.165) is 68.2 Å². The number of ether oxygens (including phenoxy) is 2. The average molecular weight is 401 g/mol. The first-order valence-electron chi connectivity index (χ1n) is 9.98. The first-order valence-corrected chi connectivity index (χ1v) is 9.98. The molecule has 0 unspecified atom stereocenters. The number of methoxy groups -OCH3 is 2. The van der Waals surface area contributed by atoms with Crippen LogP contribution in [0.5, 0.6) is 11.5 Å². The summed E-state index contributed by atoms with van der Waals surface area (Å²) in [5.41, 5.74) is 2.40. The molecule has 1 aromatic heterocycles. The Morgan fingerprint density at radius 2 is 1.79 bits per heavy atom. The molecule has 7 heteroatoms. The van der Waals surface area contributed by atoms with Crippen molar-refractivity contribution in [2.24, 2.45) is 4.99 Å². The van der Waals surface area contributed by atoms with Crippen LogP contribution in [0.3, 0.4) is 0 Å². The van der Waals surface area contributed by atoms with Crippen LogP contribution in [0.2, 0.25) is 0 Å². The Bertz CT molecular complexity index is 839. The Labute approximate surface area is 173 Å². The van der Waals surface area contributed by atoms with E-state index in [4.69, 9.17) is 13.9 Å². The summed E-state index contributed by atoms with van der Waals surface area (Å²) in [6.07, 6.45) is 0. The van der Waals surface area contributed by atoms with Gasteiger partial charge >= 0.3 is 0 Å². The summed E-state index contributed by atoms with van der Waals surface area (Å²) in [6, 6.07) is 8.21. The third-order valence-electron chi connectivity index (χ3n) is 5.32. The van der Waals surface area contributed by atoms with Gasteiger partial charge in [-0.05, 0) is 37.6 Å². The lowest BCUT2D eigenvalue weighted by atomic mass is 10.1. The van der Waals surface area contributed by atoms with Crippen molar-refractivity contribution in [2.45, 2.75) is 26.9 Å². The second-order valence-corrected chi connectivity index (χ2v) is 7.29. The number of furan rings is 1. The molecule has 158 valence electrons. The van der Waals surface area contributed by atoms with Gasteiger partial charge in [0.25, 0.3) is 0 Å². The molecule has 1 aromatic carbocycles. The van der Waals surface area contributed by atoms with Crippen LogP contribution in [-0.4, -0.2) is 63.2 Å². The summed E-state index contributed by atoms with van der Waals surface area (Å²) in [7, 11) is 5.17. The van der Waals surface area contributed by atoms with E-state index in [1.807, 2.05) is 27.0 Å². The zero-order valence-corrected chi connectivity index (χ0v) is 18.1. The molecule has 29 heavy (non-hydrogen) atoms. The highest BCUT2D eigenvalue weighted by Crippen LogP contribution is 2.28. The first kappa shape index (κ1) is 21.0. The van der Waals surface area contributed by atoms with Gasteiger partial charge in [-0.15, -0.1) is 0 Å². The summed E-state index contributed by atoms with van der Waals surface area (Å²) in [6.45, 7) is 9.45. The molecule has 1 fully saturated rings. The smallest absolute Gasteiger partial charge is 0.194 e. The maximum atomic E-state index is 5.61. The fourth-order valence-corrected chi connectivity index (χ4v) is 3.72. The number of hydrogen-bond acceptors (Lipinski definition) is 5. The van der Waals surface area contributed by atoms with E-state index in [-0.39, 0.29) is 0 Å². The monoisotopic (exact) mass is 400 g/mol. The normalized spacial score (nSPS) is 15.5. The highest BCUT2D eigenvalue weighted by atomic mass is 16.5. The van der Waals surface area contributed by atoms with Crippen molar-refractivity contribution in [2.75, 3.05) is 47.4 Å². The number of aliphatic imine (C=N–C) groups is 1. The van der Waals surface area contributed by atoms with E-state index in [9.17, 15) is 0 Å². The molecule has 1 saturated heterocycles. The predicted octanol–water partition coefficient (Wildman–Crippen LogP) is 2.81. The maximum Gasteiger partial charge on any atom is 0.194 e. The number of nitrogens with one attached hydrogen (secondary N) is 1. The van der Waals surface area contributed by atoms with Crippen LogP contribution in [0, 0.1) is 13.8 Å². The van der Waals surface area contributed by atoms with Crippen molar-refractivity contribution in [1.29, 1.82) is 0 Å². The number of piperazine rings is 1. The van der Waals surface area contributed by atoms with Gasteiger partial charge in [-0.3, -0.25) is 9.89 Å². The van der Waals surface area contributed by atoms with E-state index in [1.165, 1.54) is 11.1 Å². The molecule has 7 nitrogen and oxygen atoms in total. The van der Waals surface area contributed by atoms with Gasteiger partial charge in [-0.25, -0.2) is 0 Å². The minimum atomic E-state index is 0.724. The van der Waals surface area contributed by atoms with Crippen molar-refractivity contribution in [1.82, 2.24) is 15.1 Å². The maximum absolute atomic E-state index is 5.61. The van der Waals surface area contributed by atoms with Crippen molar-refractivity contribution in [3.05, 3.63) is 46.9 Å². The SMILES string of the molecule is CN=C(NCc1cc(C)oc1C)N1CCN(Cc2ccc(OC)c(OC)c2)CC1. The van der Waals surface area contributed by atoms with Gasteiger partial charge in [0.1, 0.15) is 11.5 Å². The van der Waals surface area contributed by atoms with Gasteiger partial charge in [0.2, 0.25) is 0 Å². The van der Waals surface area contributed by atoms with Gasteiger partial charge in [0, 0.05) is 51.9 Å². The molecule has 3 rings (SSSR count). The quantitative estimate of drug-likeness (QED) is 0.594. The van der Waals surface area contributed by atoms with Crippen molar-refractivity contribution in [3.8, 4) is 11.5 Å². The van der Waals surface area contributed by atoms with Crippen LogP contribution in [0.1, 0.15) is 22.6 Å². The number of benzene rings is 1. The molecule has 1 aliphatic rings. The van der Waals surface area contributed by atoms with E-state index in [2.05, 4.69) is 38.3 Å². The Hall–Kier alpha value is -2.67. The van der Waals surface area contributed by atoms with Gasteiger partial charge in [0.05, 0.1) is 14.2 Å². The third-order valence-corrected chi connectivity index (χ3v) is 5.32. The third kappa shape index (κ3) is 5.23. The Balaban J connectivity index is 1.52. The van der Waals surface area contributed by atoms with Crippen LogP contribution in [-0.2, 0) is 13.1 Å². The van der Waals surface area contributed by atoms with E-state index in [0.29, 0.717) is 0 Å². The van der Waals surface area contributed by atoms with Crippen molar-refractivity contribution in [3.63, 3.8) is 0 Å². The summed E-state index contributed by atoms with van der Waals surface area (Å²) in [5.74, 6) is 4.38. The standard InChI is InChI=1S/C22H32N4O3/c1-16-12-19(17(2)29-16)14-24-22(23-3)26-10-8-25(9-11-26)15-18-6-7-20(27-4)21(13-18)28-5/h6-7,12-13H,8-11,14-15H2,1-5H3,(H,23,24). The molecule has 0 aliphatic carbocycles. The van der Waals surface area contributed by atoms with Crippen LogP contribution in [0.15, 0.2) is 33.7 Å². The van der Waals surface area contributed by atoms with Crippen molar-refractivity contribution >= 4 is 5.96 Å². The molecule has 0 bridgehead atoms. The van der Waals surface area contributed by atoms with Gasteiger partial charge < -0.3 is 24.1 Å². The molecular formula is C22H32N4O3. The molecule has 0 spiro atoms. The highest BCUT2D eigenvalue weighted by molar-refractivity contribution is 5.80. The molecular weight excluding hydrogens is 368 g/mol. The van der Waals surface area contributed by atoms with E-state index in [1.54, 1.807) is 14.2 Å². The zero-order chi connectivity index (χ0) is 20.8. The molecule has 0 atom stereocenters. The number of nitrogens with zero attached hydrogens (tertiary/aromatic N) is 3. The van der Waals surface area contributed by atoms with E-state index < -0.39 is 0 Å². The lowest BCUT2D eigenvalue weighted by molar-refractivity contribution is 0.172. The van der Waals surface area contributed by atoms with Gasteiger partial charge in [0.15, 0.2) is 17.5 Å². The molecule has 1 N–H and O–H groups in total. The molecule has 2 heterocycles. The Morgan fingerprint density at radius 1 is 1.07 bits per heavy atom. The van der Waals surface area contributed by atoms with Gasteiger partial charge in [-0.2, -0.15) is 0 Å². The second kappa shape index (κ2) is 9.69. The Morgan fingerprint density at radius 3 is 2.38 bits per heavy atom. The van der Waals surface area contributed by atoms with Crippen LogP contribution < -0.4 is 14.8 Å². The predicted molar refractivity (Wildman–Crippen MR) is 115 cm³/mol. The minimum absolute atomic E-state index is 0.724. The van der Waals surface area contributed by atoms with Crippen LogP contribution in [0.4, 0.5) is 0 Å².